The summed E-state index contributed by atoms with van der Waals surface area (Å²) in [6.07, 6.45) is 2.78. The second-order valence-electron chi connectivity index (χ2n) is 6.78. The molecule has 0 saturated carbocycles. The molecule has 112 valence electrons. The van der Waals surface area contributed by atoms with Crippen LogP contribution in [0.25, 0.3) is 0 Å². The Labute approximate surface area is 124 Å². The van der Waals surface area contributed by atoms with Gasteiger partial charge in [-0.2, -0.15) is 0 Å². The number of likely N-dealkylation sites (tertiary alicyclic amines) is 1. The number of rotatable bonds is 5. The van der Waals surface area contributed by atoms with Crippen LogP contribution in [0.15, 0.2) is 18.2 Å². The number of hydrogen-bond donors (Lipinski definition) is 1. The summed E-state index contributed by atoms with van der Waals surface area (Å²) in [6.45, 7) is 13.6. The second-order valence-corrected chi connectivity index (χ2v) is 6.78. The third-order valence-corrected chi connectivity index (χ3v) is 4.33. The van der Waals surface area contributed by atoms with Crippen LogP contribution in [0.2, 0.25) is 0 Å². The minimum absolute atomic E-state index is 0.561. The molecule has 2 atom stereocenters. The maximum Gasteiger partial charge on any atom is 0.137 e. The van der Waals surface area contributed by atoms with Gasteiger partial charge < -0.3 is 9.64 Å². The molecule has 2 nitrogen and oxygen atoms in total. The topological polar surface area (TPSA) is 13.7 Å². The Hall–Kier alpha value is -1.02. The molecule has 0 radical (unpaired) electrons. The molecule has 1 fully saturated rings. The number of ether oxygens (including phenoxy) is 1. The summed E-state index contributed by atoms with van der Waals surface area (Å²) in [6, 6.07) is 6.61. The van der Waals surface area contributed by atoms with E-state index in [-0.39, 0.29) is 0 Å². The van der Waals surface area contributed by atoms with E-state index < -0.39 is 0 Å². The fourth-order valence-corrected chi connectivity index (χ4v) is 3.13. The van der Waals surface area contributed by atoms with Crippen molar-refractivity contribution < 1.29 is 9.64 Å². The highest BCUT2D eigenvalue weighted by atomic mass is 16.5. The summed E-state index contributed by atoms with van der Waals surface area (Å²) in [5.41, 5.74) is 2.67. The molecule has 0 amide bonds. The van der Waals surface area contributed by atoms with Gasteiger partial charge in [-0.05, 0) is 48.9 Å². The predicted octanol–water partition coefficient (Wildman–Crippen LogP) is 2.81. The van der Waals surface area contributed by atoms with Crippen LogP contribution in [-0.2, 0) is 0 Å². The van der Waals surface area contributed by atoms with Gasteiger partial charge in [0.2, 0.25) is 0 Å². The maximum absolute atomic E-state index is 5.99. The van der Waals surface area contributed by atoms with Gasteiger partial charge in [0.15, 0.2) is 0 Å². The highest BCUT2D eigenvalue weighted by Crippen LogP contribution is 2.22. The average Bonchev–Trinajstić information content (AvgIpc) is 2.38. The van der Waals surface area contributed by atoms with Gasteiger partial charge in [0, 0.05) is 5.92 Å². The SMILES string of the molecule is Cc1cc(OCC[NH+]2CCC[C@@H](C)C2)cc(C(C)C)c1. The van der Waals surface area contributed by atoms with Crippen LogP contribution in [0.4, 0.5) is 0 Å². The van der Waals surface area contributed by atoms with Gasteiger partial charge in [-0.25, -0.2) is 0 Å². The van der Waals surface area contributed by atoms with Crippen LogP contribution < -0.4 is 9.64 Å². The first kappa shape index (κ1) is 15.4. The van der Waals surface area contributed by atoms with Gasteiger partial charge >= 0.3 is 0 Å². The third kappa shape index (κ3) is 4.52. The zero-order chi connectivity index (χ0) is 14.5. The first-order chi connectivity index (χ1) is 9.54. The van der Waals surface area contributed by atoms with Crippen molar-refractivity contribution in [2.24, 2.45) is 5.92 Å². The molecule has 0 aromatic heterocycles. The number of aryl methyl sites for hydroxylation is 1. The summed E-state index contributed by atoms with van der Waals surface area (Å²) >= 11 is 0. The van der Waals surface area contributed by atoms with Crippen molar-refractivity contribution in [2.45, 2.75) is 46.5 Å². The number of piperidine rings is 1. The summed E-state index contributed by atoms with van der Waals surface area (Å²) in [7, 11) is 0. The van der Waals surface area contributed by atoms with Crippen LogP contribution in [-0.4, -0.2) is 26.2 Å². The fourth-order valence-electron chi connectivity index (χ4n) is 3.13. The largest absolute Gasteiger partial charge is 0.488 e. The molecule has 0 aliphatic carbocycles. The molecule has 0 bridgehead atoms. The summed E-state index contributed by atoms with van der Waals surface area (Å²) < 4.78 is 5.99. The lowest BCUT2D eigenvalue weighted by Gasteiger charge is -2.27. The van der Waals surface area contributed by atoms with E-state index in [1.807, 2.05) is 0 Å². The van der Waals surface area contributed by atoms with Crippen molar-refractivity contribution in [3.63, 3.8) is 0 Å². The van der Waals surface area contributed by atoms with E-state index >= 15 is 0 Å². The van der Waals surface area contributed by atoms with Crippen LogP contribution >= 0.6 is 0 Å². The summed E-state index contributed by atoms with van der Waals surface area (Å²) in [5, 5.41) is 0. The Bertz CT molecular complexity index is 427. The Morgan fingerprint density at radius 1 is 1.30 bits per heavy atom. The van der Waals surface area contributed by atoms with Crippen molar-refractivity contribution in [1.29, 1.82) is 0 Å². The van der Waals surface area contributed by atoms with E-state index in [2.05, 4.69) is 45.9 Å². The van der Waals surface area contributed by atoms with E-state index in [4.69, 9.17) is 4.74 Å². The quantitative estimate of drug-likeness (QED) is 0.873. The summed E-state index contributed by atoms with van der Waals surface area (Å²) in [5.74, 6) is 2.48. The lowest BCUT2D eigenvalue weighted by molar-refractivity contribution is -0.908. The van der Waals surface area contributed by atoms with Crippen molar-refractivity contribution in [3.8, 4) is 5.75 Å². The second kappa shape index (κ2) is 7.12. The predicted molar refractivity (Wildman–Crippen MR) is 84.7 cm³/mol. The van der Waals surface area contributed by atoms with Gasteiger partial charge in [0.1, 0.15) is 18.9 Å². The van der Waals surface area contributed by atoms with Gasteiger partial charge in [0.25, 0.3) is 0 Å². The third-order valence-electron chi connectivity index (χ3n) is 4.33. The molecule has 20 heavy (non-hydrogen) atoms. The van der Waals surface area contributed by atoms with Gasteiger partial charge in [-0.1, -0.05) is 26.8 Å². The monoisotopic (exact) mass is 276 g/mol. The first-order valence-corrected chi connectivity index (χ1v) is 8.12. The lowest BCUT2D eigenvalue weighted by Crippen LogP contribution is -3.14. The zero-order valence-corrected chi connectivity index (χ0v) is 13.5. The molecule has 1 aromatic rings. The number of benzene rings is 1. The van der Waals surface area contributed by atoms with E-state index in [9.17, 15) is 0 Å². The van der Waals surface area contributed by atoms with Crippen molar-refractivity contribution in [1.82, 2.24) is 0 Å². The Balaban J connectivity index is 1.84. The van der Waals surface area contributed by atoms with E-state index in [0.29, 0.717) is 5.92 Å². The normalized spacial score (nSPS) is 23.1. The van der Waals surface area contributed by atoms with Crippen molar-refractivity contribution in [3.05, 3.63) is 29.3 Å². The minimum Gasteiger partial charge on any atom is -0.488 e. The first-order valence-electron chi connectivity index (χ1n) is 8.12. The number of hydrogen-bond acceptors (Lipinski definition) is 1. The van der Waals surface area contributed by atoms with Crippen LogP contribution in [0.1, 0.15) is 50.7 Å². The molecule has 1 unspecified atom stereocenters. The number of nitrogens with one attached hydrogen (secondary N) is 1. The molecule has 1 N–H and O–H groups in total. The summed E-state index contributed by atoms with van der Waals surface area (Å²) in [4.78, 5) is 1.71. The lowest BCUT2D eigenvalue weighted by atomic mass is 10.0. The molecule has 1 aliphatic rings. The van der Waals surface area contributed by atoms with E-state index in [0.717, 1.165) is 24.8 Å². The number of quaternary nitrogens is 1. The van der Waals surface area contributed by atoms with Crippen molar-refractivity contribution in [2.75, 3.05) is 26.2 Å². The maximum atomic E-state index is 5.99. The van der Waals surface area contributed by atoms with Crippen LogP contribution in [0.3, 0.4) is 0 Å². The van der Waals surface area contributed by atoms with Crippen LogP contribution in [0.5, 0.6) is 5.75 Å². The Kier molecular flexibility index (Phi) is 5.47. The molecule has 2 rings (SSSR count). The Morgan fingerprint density at radius 3 is 2.80 bits per heavy atom. The van der Waals surface area contributed by atoms with Crippen molar-refractivity contribution >= 4 is 0 Å². The van der Waals surface area contributed by atoms with Gasteiger partial charge in [0.05, 0.1) is 13.1 Å². The van der Waals surface area contributed by atoms with E-state index in [1.165, 1.54) is 37.1 Å². The molecular weight excluding hydrogens is 246 g/mol. The molecule has 1 aliphatic heterocycles. The van der Waals surface area contributed by atoms with Crippen LogP contribution in [0, 0.1) is 12.8 Å². The highest BCUT2D eigenvalue weighted by molar-refractivity contribution is 5.35. The highest BCUT2D eigenvalue weighted by Gasteiger charge is 2.19. The molecular formula is C18H30NO+. The fraction of sp³-hybridized carbons (Fsp3) is 0.667. The molecule has 1 saturated heterocycles. The van der Waals surface area contributed by atoms with Gasteiger partial charge in [-0.15, -0.1) is 0 Å². The Morgan fingerprint density at radius 2 is 2.10 bits per heavy atom. The molecule has 2 heteroatoms. The molecule has 1 heterocycles. The minimum atomic E-state index is 0.561. The van der Waals surface area contributed by atoms with E-state index in [1.54, 1.807) is 4.90 Å². The molecule has 1 aromatic carbocycles. The molecule has 0 spiro atoms. The average molecular weight is 276 g/mol. The smallest absolute Gasteiger partial charge is 0.137 e. The standard InChI is InChI=1S/C18H29NO/c1-14(2)17-10-16(4)11-18(12-17)20-9-8-19-7-5-6-15(3)13-19/h10-12,14-15H,5-9,13H2,1-4H3/p+1/t15-/m1/s1. The van der Waals surface area contributed by atoms with Gasteiger partial charge in [-0.3, -0.25) is 0 Å². The zero-order valence-electron chi connectivity index (χ0n) is 13.5.